The number of hydrogen-bond acceptors (Lipinski definition) is 6. The maximum atomic E-state index is 13.0. The molecule has 4 rings (SSSR count). The molecule has 0 bridgehead atoms. The molecule has 0 aromatic heterocycles. The molecule has 2 amide bonds. The van der Waals surface area contributed by atoms with Gasteiger partial charge in [0.2, 0.25) is 0 Å². The standard InChI is InChI=1S/C26H21ClN2O4S2/c1-16-7-10-18(11-8-16)29-25(31)23(35-26(29)34)14-17-9-12-21(22(13-17)32-2)33-15-24(30)28-20-6-4-3-5-19(20)27/h3-14H,15H2,1-2H3,(H,28,30)/b23-14-. The van der Waals surface area contributed by atoms with Crippen LogP contribution in [0.3, 0.4) is 0 Å². The van der Waals surface area contributed by atoms with Crippen LogP contribution in [-0.2, 0) is 9.59 Å². The smallest absolute Gasteiger partial charge is 0.270 e. The summed E-state index contributed by atoms with van der Waals surface area (Å²) in [5.74, 6) is 0.285. The second kappa shape index (κ2) is 10.9. The Labute approximate surface area is 217 Å². The van der Waals surface area contributed by atoms with Gasteiger partial charge < -0.3 is 14.8 Å². The van der Waals surface area contributed by atoms with E-state index in [2.05, 4.69) is 5.32 Å². The molecule has 1 fully saturated rings. The predicted octanol–water partition coefficient (Wildman–Crippen LogP) is 6.08. The third-order valence-corrected chi connectivity index (χ3v) is 6.71. The van der Waals surface area contributed by atoms with Gasteiger partial charge in [0.1, 0.15) is 0 Å². The van der Waals surface area contributed by atoms with Crippen molar-refractivity contribution >= 4 is 69.2 Å². The second-order valence-electron chi connectivity index (χ2n) is 7.58. The molecule has 1 aliphatic heterocycles. The SMILES string of the molecule is COc1cc(/C=C2\SC(=S)N(c3ccc(C)cc3)C2=O)ccc1OCC(=O)Nc1ccccc1Cl. The minimum atomic E-state index is -0.357. The van der Waals surface area contributed by atoms with E-state index in [4.69, 9.17) is 33.3 Å². The Morgan fingerprint density at radius 3 is 2.57 bits per heavy atom. The first-order chi connectivity index (χ1) is 16.9. The van der Waals surface area contributed by atoms with Gasteiger partial charge in [-0.1, -0.05) is 71.5 Å². The van der Waals surface area contributed by atoms with Crippen molar-refractivity contribution in [1.82, 2.24) is 0 Å². The molecule has 9 heteroatoms. The van der Waals surface area contributed by atoms with Gasteiger partial charge in [-0.05, 0) is 55.0 Å². The monoisotopic (exact) mass is 524 g/mol. The van der Waals surface area contributed by atoms with Gasteiger partial charge in [-0.15, -0.1) is 0 Å². The molecule has 0 atom stereocenters. The summed E-state index contributed by atoms with van der Waals surface area (Å²) in [5.41, 5.74) is 3.08. The average Bonchev–Trinajstić information content (AvgIpc) is 3.12. The van der Waals surface area contributed by atoms with E-state index in [0.717, 1.165) is 16.8 Å². The fourth-order valence-corrected chi connectivity index (χ4v) is 4.80. The van der Waals surface area contributed by atoms with Crippen molar-refractivity contribution in [3.63, 3.8) is 0 Å². The number of halogens is 1. The number of anilines is 2. The van der Waals surface area contributed by atoms with E-state index in [1.165, 1.54) is 23.8 Å². The van der Waals surface area contributed by atoms with Crippen molar-refractivity contribution < 1.29 is 19.1 Å². The summed E-state index contributed by atoms with van der Waals surface area (Å²) in [6.45, 7) is 1.76. The minimum Gasteiger partial charge on any atom is -0.493 e. The zero-order valence-corrected chi connectivity index (χ0v) is 21.3. The number of thiocarbonyl (C=S) groups is 1. The van der Waals surface area contributed by atoms with E-state index in [1.54, 1.807) is 48.5 Å². The van der Waals surface area contributed by atoms with Crippen LogP contribution in [0.15, 0.2) is 71.6 Å². The minimum absolute atomic E-state index is 0.181. The highest BCUT2D eigenvalue weighted by Crippen LogP contribution is 2.37. The van der Waals surface area contributed by atoms with Gasteiger partial charge in [0.15, 0.2) is 22.4 Å². The van der Waals surface area contributed by atoms with Gasteiger partial charge in [0.05, 0.1) is 28.4 Å². The summed E-state index contributed by atoms with van der Waals surface area (Å²) >= 11 is 12.8. The Morgan fingerprint density at radius 2 is 1.86 bits per heavy atom. The number of hydrogen-bond donors (Lipinski definition) is 1. The Kier molecular flexibility index (Phi) is 7.75. The number of carbonyl (C=O) groups excluding carboxylic acids is 2. The Morgan fingerprint density at radius 1 is 1.11 bits per heavy atom. The average molecular weight is 525 g/mol. The van der Waals surface area contributed by atoms with E-state index in [9.17, 15) is 9.59 Å². The molecule has 1 N–H and O–H groups in total. The summed E-state index contributed by atoms with van der Waals surface area (Å²) in [6, 6.07) is 19.8. The maximum absolute atomic E-state index is 13.0. The number of nitrogens with one attached hydrogen (secondary N) is 1. The molecule has 1 aliphatic rings. The summed E-state index contributed by atoms with van der Waals surface area (Å²) in [5, 5.41) is 3.14. The molecule has 0 unspecified atom stereocenters. The zero-order chi connectivity index (χ0) is 24.9. The van der Waals surface area contributed by atoms with E-state index in [0.29, 0.717) is 31.4 Å². The predicted molar refractivity (Wildman–Crippen MR) is 145 cm³/mol. The molecule has 3 aromatic carbocycles. The lowest BCUT2D eigenvalue weighted by atomic mass is 10.1. The van der Waals surface area contributed by atoms with Crippen molar-refractivity contribution in [3.05, 3.63) is 87.8 Å². The molecule has 35 heavy (non-hydrogen) atoms. The van der Waals surface area contributed by atoms with Crippen LogP contribution in [0.4, 0.5) is 11.4 Å². The van der Waals surface area contributed by atoms with Gasteiger partial charge in [-0.25, -0.2) is 0 Å². The Bertz CT molecular complexity index is 1330. The van der Waals surface area contributed by atoms with Crippen LogP contribution in [0.25, 0.3) is 6.08 Å². The number of amides is 2. The second-order valence-corrected chi connectivity index (χ2v) is 9.66. The number of carbonyl (C=O) groups is 2. The lowest BCUT2D eigenvalue weighted by Gasteiger charge is -2.14. The van der Waals surface area contributed by atoms with Gasteiger partial charge in [0.25, 0.3) is 11.8 Å². The van der Waals surface area contributed by atoms with Crippen LogP contribution >= 0.6 is 35.6 Å². The molecular formula is C26H21ClN2O4S2. The highest BCUT2D eigenvalue weighted by molar-refractivity contribution is 8.27. The van der Waals surface area contributed by atoms with Crippen molar-refractivity contribution in [2.75, 3.05) is 23.9 Å². The number of aryl methyl sites for hydroxylation is 1. The third kappa shape index (κ3) is 5.85. The zero-order valence-electron chi connectivity index (χ0n) is 18.9. The van der Waals surface area contributed by atoms with Crippen LogP contribution in [0.2, 0.25) is 5.02 Å². The van der Waals surface area contributed by atoms with Crippen molar-refractivity contribution in [3.8, 4) is 11.5 Å². The molecule has 0 spiro atoms. The van der Waals surface area contributed by atoms with E-state index in [1.807, 2.05) is 31.2 Å². The van der Waals surface area contributed by atoms with Crippen molar-refractivity contribution in [1.29, 1.82) is 0 Å². The molecule has 0 aliphatic carbocycles. The quantitative estimate of drug-likeness (QED) is 0.298. The number of rotatable bonds is 7. The number of para-hydroxylation sites is 1. The van der Waals surface area contributed by atoms with Gasteiger partial charge in [0, 0.05) is 0 Å². The number of ether oxygens (including phenoxy) is 2. The highest BCUT2D eigenvalue weighted by atomic mass is 35.5. The first kappa shape index (κ1) is 24.8. The summed E-state index contributed by atoms with van der Waals surface area (Å²) in [6.07, 6.45) is 1.75. The van der Waals surface area contributed by atoms with Crippen LogP contribution in [0.5, 0.6) is 11.5 Å². The number of methoxy groups -OCH3 is 1. The van der Waals surface area contributed by atoms with Gasteiger partial charge in [-0.3, -0.25) is 14.5 Å². The largest absolute Gasteiger partial charge is 0.493 e. The number of thioether (sulfide) groups is 1. The fraction of sp³-hybridized carbons (Fsp3) is 0.115. The summed E-state index contributed by atoms with van der Waals surface area (Å²) in [7, 11) is 1.51. The molecule has 1 saturated heterocycles. The normalized spacial score (nSPS) is 14.4. The topological polar surface area (TPSA) is 67.9 Å². The lowest BCUT2D eigenvalue weighted by Crippen LogP contribution is -2.27. The molecule has 3 aromatic rings. The van der Waals surface area contributed by atoms with E-state index >= 15 is 0 Å². The van der Waals surface area contributed by atoms with Crippen LogP contribution in [0, 0.1) is 6.92 Å². The molecule has 1 heterocycles. The van der Waals surface area contributed by atoms with Crippen LogP contribution < -0.4 is 19.7 Å². The van der Waals surface area contributed by atoms with E-state index < -0.39 is 0 Å². The Hall–Kier alpha value is -3.33. The van der Waals surface area contributed by atoms with Crippen molar-refractivity contribution in [2.45, 2.75) is 6.92 Å². The van der Waals surface area contributed by atoms with Crippen molar-refractivity contribution in [2.24, 2.45) is 0 Å². The molecule has 0 radical (unpaired) electrons. The summed E-state index contributed by atoms with van der Waals surface area (Å²) in [4.78, 5) is 27.3. The molecule has 178 valence electrons. The van der Waals surface area contributed by atoms with Gasteiger partial charge in [-0.2, -0.15) is 0 Å². The van der Waals surface area contributed by atoms with Crippen LogP contribution in [-0.4, -0.2) is 29.9 Å². The molecule has 6 nitrogen and oxygen atoms in total. The fourth-order valence-electron chi connectivity index (χ4n) is 3.32. The molecule has 0 saturated carbocycles. The van der Waals surface area contributed by atoms with E-state index in [-0.39, 0.29) is 18.4 Å². The van der Waals surface area contributed by atoms with Gasteiger partial charge >= 0.3 is 0 Å². The summed E-state index contributed by atoms with van der Waals surface area (Å²) < 4.78 is 11.6. The lowest BCUT2D eigenvalue weighted by molar-refractivity contribution is -0.118. The maximum Gasteiger partial charge on any atom is 0.270 e. The first-order valence-electron chi connectivity index (χ1n) is 10.6. The highest BCUT2D eigenvalue weighted by Gasteiger charge is 2.33. The number of nitrogens with zero attached hydrogens (tertiary/aromatic N) is 1. The molecular weight excluding hydrogens is 504 g/mol. The first-order valence-corrected chi connectivity index (χ1v) is 12.2. The number of benzene rings is 3. The Balaban J connectivity index is 1.45. The third-order valence-electron chi connectivity index (χ3n) is 5.08. The van der Waals surface area contributed by atoms with Crippen LogP contribution in [0.1, 0.15) is 11.1 Å².